The van der Waals surface area contributed by atoms with Gasteiger partial charge in [-0.05, 0) is 48.2 Å². The molecule has 2 aromatic rings. The van der Waals surface area contributed by atoms with E-state index in [1.807, 2.05) is 23.9 Å². The van der Waals surface area contributed by atoms with Crippen molar-refractivity contribution in [1.29, 1.82) is 0 Å². The number of rotatable bonds is 5. The smallest absolute Gasteiger partial charge is 0.122 e. The molecule has 1 aliphatic rings. The molecule has 2 nitrogen and oxygen atoms in total. The van der Waals surface area contributed by atoms with E-state index in [1.165, 1.54) is 16.0 Å². The molecule has 0 radical (unpaired) electrons. The zero-order chi connectivity index (χ0) is 14.7. The molecule has 1 unspecified atom stereocenters. The Kier molecular flexibility index (Phi) is 4.51. The van der Waals surface area contributed by atoms with Gasteiger partial charge in [0.25, 0.3) is 0 Å². The van der Waals surface area contributed by atoms with Crippen LogP contribution in [0, 0.1) is 0 Å². The quantitative estimate of drug-likeness (QED) is 0.846. The first-order valence-electron chi connectivity index (χ1n) is 7.38. The fraction of sp³-hybridized carbons (Fsp3) is 0.333. The van der Waals surface area contributed by atoms with Crippen molar-refractivity contribution in [3.63, 3.8) is 0 Å². The monoisotopic (exact) mass is 300 g/mol. The number of benzene rings is 2. The zero-order valence-electron chi connectivity index (χ0n) is 12.2. The summed E-state index contributed by atoms with van der Waals surface area (Å²) < 4.78 is 5.53. The standard InChI is InChI=1S/C18H20O2S/c1-13(19)15-3-5-17(6-4-15)21-11-9-14-2-7-18-16(12-14)8-10-20-18/h2-7,12-13,19H,8-11H2,1H3. The highest BCUT2D eigenvalue weighted by Crippen LogP contribution is 2.27. The first-order valence-corrected chi connectivity index (χ1v) is 8.36. The van der Waals surface area contributed by atoms with Gasteiger partial charge in [-0.1, -0.05) is 24.3 Å². The number of hydrogen-bond donors (Lipinski definition) is 1. The maximum atomic E-state index is 9.50. The highest BCUT2D eigenvalue weighted by Gasteiger charge is 2.11. The van der Waals surface area contributed by atoms with E-state index in [-0.39, 0.29) is 0 Å². The summed E-state index contributed by atoms with van der Waals surface area (Å²) in [5.74, 6) is 2.12. The van der Waals surface area contributed by atoms with E-state index < -0.39 is 6.10 Å². The maximum Gasteiger partial charge on any atom is 0.122 e. The van der Waals surface area contributed by atoms with Gasteiger partial charge in [-0.15, -0.1) is 11.8 Å². The summed E-state index contributed by atoms with van der Waals surface area (Å²) in [5, 5.41) is 9.50. The summed E-state index contributed by atoms with van der Waals surface area (Å²) in [6, 6.07) is 14.7. The second-order valence-electron chi connectivity index (χ2n) is 5.38. The number of thioether (sulfide) groups is 1. The summed E-state index contributed by atoms with van der Waals surface area (Å²) in [4.78, 5) is 1.25. The summed E-state index contributed by atoms with van der Waals surface area (Å²) >= 11 is 1.86. The van der Waals surface area contributed by atoms with Crippen molar-refractivity contribution in [1.82, 2.24) is 0 Å². The van der Waals surface area contributed by atoms with Crippen molar-refractivity contribution in [3.05, 3.63) is 59.2 Å². The van der Waals surface area contributed by atoms with Crippen LogP contribution in [0.1, 0.15) is 29.7 Å². The summed E-state index contributed by atoms with van der Waals surface area (Å²) in [7, 11) is 0. The third-order valence-electron chi connectivity index (χ3n) is 3.78. The van der Waals surface area contributed by atoms with Gasteiger partial charge in [0.1, 0.15) is 5.75 Å². The largest absolute Gasteiger partial charge is 0.493 e. The van der Waals surface area contributed by atoms with Crippen LogP contribution in [0.3, 0.4) is 0 Å². The van der Waals surface area contributed by atoms with Crippen molar-refractivity contribution >= 4 is 11.8 Å². The van der Waals surface area contributed by atoms with Gasteiger partial charge in [0.15, 0.2) is 0 Å². The van der Waals surface area contributed by atoms with Gasteiger partial charge in [0, 0.05) is 17.1 Å². The van der Waals surface area contributed by atoms with Gasteiger partial charge in [-0.2, -0.15) is 0 Å². The fourth-order valence-corrected chi connectivity index (χ4v) is 3.43. The van der Waals surface area contributed by atoms with Crippen LogP contribution in [0.25, 0.3) is 0 Å². The average Bonchev–Trinajstić information content (AvgIpc) is 2.95. The lowest BCUT2D eigenvalue weighted by atomic mass is 10.1. The molecule has 0 bridgehead atoms. The lowest BCUT2D eigenvalue weighted by molar-refractivity contribution is 0.199. The van der Waals surface area contributed by atoms with E-state index >= 15 is 0 Å². The van der Waals surface area contributed by atoms with Crippen molar-refractivity contribution in [2.45, 2.75) is 30.8 Å². The number of ether oxygens (including phenoxy) is 1. The number of fused-ring (bicyclic) bond motifs is 1. The Bertz CT molecular complexity index is 605. The predicted molar refractivity (Wildman–Crippen MR) is 87.1 cm³/mol. The molecule has 0 amide bonds. The first kappa shape index (κ1) is 14.5. The van der Waals surface area contributed by atoms with Crippen LogP contribution < -0.4 is 4.74 Å². The van der Waals surface area contributed by atoms with Crippen LogP contribution in [0.2, 0.25) is 0 Å². The second-order valence-corrected chi connectivity index (χ2v) is 6.55. The molecule has 0 saturated carbocycles. The molecule has 0 spiro atoms. The molecule has 0 saturated heterocycles. The van der Waals surface area contributed by atoms with Crippen molar-refractivity contribution < 1.29 is 9.84 Å². The second kappa shape index (κ2) is 6.54. The SMILES string of the molecule is CC(O)c1ccc(SCCc2ccc3c(c2)CCO3)cc1. The Morgan fingerprint density at radius 3 is 2.76 bits per heavy atom. The van der Waals surface area contributed by atoms with E-state index in [2.05, 4.69) is 30.3 Å². The van der Waals surface area contributed by atoms with Gasteiger partial charge in [0.05, 0.1) is 12.7 Å². The molecule has 0 aromatic heterocycles. The summed E-state index contributed by atoms with van der Waals surface area (Å²) in [5.41, 5.74) is 3.70. The van der Waals surface area contributed by atoms with Crippen LogP contribution in [0.5, 0.6) is 5.75 Å². The minimum Gasteiger partial charge on any atom is -0.493 e. The van der Waals surface area contributed by atoms with Crippen LogP contribution in [0.4, 0.5) is 0 Å². The van der Waals surface area contributed by atoms with Gasteiger partial charge >= 0.3 is 0 Å². The molecule has 1 aliphatic heterocycles. The minimum atomic E-state index is -0.391. The lowest BCUT2D eigenvalue weighted by Crippen LogP contribution is -1.91. The molecule has 21 heavy (non-hydrogen) atoms. The highest BCUT2D eigenvalue weighted by atomic mass is 32.2. The Balaban J connectivity index is 1.54. The summed E-state index contributed by atoms with van der Waals surface area (Å²) in [6.45, 7) is 2.61. The molecular weight excluding hydrogens is 280 g/mol. The Morgan fingerprint density at radius 1 is 1.19 bits per heavy atom. The normalized spacial score (nSPS) is 14.6. The molecule has 2 aromatic carbocycles. The van der Waals surface area contributed by atoms with Crippen LogP contribution in [-0.4, -0.2) is 17.5 Å². The molecule has 0 aliphatic carbocycles. The number of hydrogen-bond acceptors (Lipinski definition) is 3. The van der Waals surface area contributed by atoms with Crippen molar-refractivity contribution in [2.75, 3.05) is 12.4 Å². The minimum absolute atomic E-state index is 0.391. The molecule has 0 fully saturated rings. The Labute approximate surface area is 130 Å². The zero-order valence-corrected chi connectivity index (χ0v) is 13.0. The third-order valence-corrected chi connectivity index (χ3v) is 4.79. The lowest BCUT2D eigenvalue weighted by Gasteiger charge is -2.07. The molecule has 110 valence electrons. The molecular formula is C18H20O2S. The van der Waals surface area contributed by atoms with Gasteiger partial charge < -0.3 is 9.84 Å². The maximum absolute atomic E-state index is 9.50. The Hall–Kier alpha value is -1.45. The molecule has 3 heteroatoms. The van der Waals surface area contributed by atoms with E-state index in [1.54, 1.807) is 6.92 Å². The number of aliphatic hydroxyl groups is 1. The van der Waals surface area contributed by atoms with Gasteiger partial charge in [-0.3, -0.25) is 0 Å². The van der Waals surface area contributed by atoms with Crippen LogP contribution in [-0.2, 0) is 12.8 Å². The summed E-state index contributed by atoms with van der Waals surface area (Å²) in [6.07, 6.45) is 1.71. The van der Waals surface area contributed by atoms with E-state index in [4.69, 9.17) is 4.74 Å². The average molecular weight is 300 g/mol. The Morgan fingerprint density at radius 2 is 2.00 bits per heavy atom. The molecule has 1 N–H and O–H groups in total. The van der Waals surface area contributed by atoms with E-state index in [0.29, 0.717) is 0 Å². The van der Waals surface area contributed by atoms with Gasteiger partial charge in [0.2, 0.25) is 0 Å². The van der Waals surface area contributed by atoms with E-state index in [0.717, 1.165) is 36.5 Å². The first-order chi connectivity index (χ1) is 10.2. The number of aliphatic hydroxyl groups excluding tert-OH is 1. The van der Waals surface area contributed by atoms with Crippen LogP contribution >= 0.6 is 11.8 Å². The molecule has 3 rings (SSSR count). The molecule has 1 heterocycles. The van der Waals surface area contributed by atoms with Crippen LogP contribution in [0.15, 0.2) is 47.4 Å². The van der Waals surface area contributed by atoms with Gasteiger partial charge in [-0.25, -0.2) is 0 Å². The number of aryl methyl sites for hydroxylation is 1. The highest BCUT2D eigenvalue weighted by molar-refractivity contribution is 7.99. The fourth-order valence-electron chi connectivity index (χ4n) is 2.52. The third kappa shape index (κ3) is 3.60. The predicted octanol–water partition coefficient (Wildman–Crippen LogP) is 4.01. The van der Waals surface area contributed by atoms with E-state index in [9.17, 15) is 5.11 Å². The van der Waals surface area contributed by atoms with Crippen molar-refractivity contribution in [3.8, 4) is 5.75 Å². The van der Waals surface area contributed by atoms with Crippen molar-refractivity contribution in [2.24, 2.45) is 0 Å². The topological polar surface area (TPSA) is 29.5 Å². The molecule has 1 atom stereocenters.